The summed E-state index contributed by atoms with van der Waals surface area (Å²) >= 11 is 3.84. The Balaban J connectivity index is 1.83. The quantitative estimate of drug-likeness (QED) is 0.645. The van der Waals surface area contributed by atoms with Gasteiger partial charge < -0.3 is 4.74 Å². The van der Waals surface area contributed by atoms with Crippen LogP contribution >= 0.6 is 15.9 Å². The molecule has 21 heavy (non-hydrogen) atoms. The minimum absolute atomic E-state index is 0.245. The summed E-state index contributed by atoms with van der Waals surface area (Å²) in [6.07, 6.45) is 1.18. The first-order valence-corrected chi connectivity index (χ1v) is 8.54. The number of alkyl halides is 1. The molecule has 0 N–H and O–H groups in total. The van der Waals surface area contributed by atoms with E-state index in [1.54, 1.807) is 0 Å². The number of benzene rings is 2. The first kappa shape index (κ1) is 14.8. The molecule has 2 heteroatoms. The van der Waals surface area contributed by atoms with Crippen molar-refractivity contribution in [2.75, 3.05) is 0 Å². The molecule has 1 heterocycles. The van der Waals surface area contributed by atoms with Crippen LogP contribution in [0.25, 0.3) is 0 Å². The van der Waals surface area contributed by atoms with Crippen LogP contribution < -0.4 is 0 Å². The molecule has 0 radical (unpaired) electrons. The number of halogens is 1. The Morgan fingerprint density at radius 1 is 0.952 bits per heavy atom. The molecule has 1 aliphatic rings. The summed E-state index contributed by atoms with van der Waals surface area (Å²) in [5.41, 5.74) is 6.68. The summed E-state index contributed by atoms with van der Waals surface area (Å²) in [5, 5.41) is 0. The van der Waals surface area contributed by atoms with Gasteiger partial charge in [-0.15, -0.1) is 0 Å². The Morgan fingerprint density at radius 2 is 1.57 bits per heavy atom. The van der Waals surface area contributed by atoms with E-state index in [0.717, 1.165) is 13.2 Å². The summed E-state index contributed by atoms with van der Waals surface area (Å²) in [6, 6.07) is 15.7. The maximum Gasteiger partial charge on any atom is 0.0725 e. The number of hydrogen-bond acceptors (Lipinski definition) is 1. The average molecular weight is 345 g/mol. The van der Waals surface area contributed by atoms with Crippen molar-refractivity contribution in [1.82, 2.24) is 0 Å². The molecular formula is C19H21BrO. The van der Waals surface area contributed by atoms with Crippen molar-refractivity contribution in [3.05, 3.63) is 70.3 Å². The Hall–Kier alpha value is -1.12. The molecule has 2 unspecified atom stereocenters. The Morgan fingerprint density at radius 3 is 2.29 bits per heavy atom. The third kappa shape index (κ3) is 3.07. The number of fused-ring (bicyclic) bond motifs is 1. The predicted molar refractivity (Wildman–Crippen MR) is 90.9 cm³/mol. The summed E-state index contributed by atoms with van der Waals surface area (Å²) in [4.78, 5) is 0.245. The zero-order valence-electron chi connectivity index (χ0n) is 12.6. The van der Waals surface area contributed by atoms with E-state index in [1.165, 1.54) is 34.2 Å². The Labute approximate surface area is 135 Å². The summed E-state index contributed by atoms with van der Waals surface area (Å²) in [5.74, 6) is 0.630. The maximum atomic E-state index is 5.49. The van der Waals surface area contributed by atoms with Gasteiger partial charge in [0.25, 0.3) is 0 Å². The van der Waals surface area contributed by atoms with Crippen LogP contribution in [-0.2, 0) is 18.0 Å². The predicted octanol–water partition coefficient (Wildman–Crippen LogP) is 5.71. The van der Waals surface area contributed by atoms with Gasteiger partial charge in [0, 0.05) is 0 Å². The van der Waals surface area contributed by atoms with E-state index in [1.807, 2.05) is 0 Å². The highest BCUT2D eigenvalue weighted by Gasteiger charge is 2.16. The minimum atomic E-state index is 0.245. The van der Waals surface area contributed by atoms with Crippen molar-refractivity contribution >= 4 is 15.9 Å². The molecule has 2 aromatic carbocycles. The molecular weight excluding hydrogens is 324 g/mol. The fourth-order valence-electron chi connectivity index (χ4n) is 2.77. The highest BCUT2D eigenvalue weighted by Crippen LogP contribution is 2.34. The largest absolute Gasteiger partial charge is 0.372 e. The SMILES string of the molecule is CCC(C)c1ccc(C(Br)c2ccc3c(c2)COC3)cc1. The number of hydrogen-bond donors (Lipinski definition) is 0. The maximum absolute atomic E-state index is 5.49. The van der Waals surface area contributed by atoms with Gasteiger partial charge in [0.2, 0.25) is 0 Å². The van der Waals surface area contributed by atoms with Gasteiger partial charge in [-0.05, 0) is 40.2 Å². The van der Waals surface area contributed by atoms with E-state index in [9.17, 15) is 0 Å². The van der Waals surface area contributed by atoms with Crippen LogP contribution in [0.1, 0.15) is 58.8 Å². The third-order valence-electron chi connectivity index (χ3n) is 4.45. The van der Waals surface area contributed by atoms with E-state index >= 15 is 0 Å². The molecule has 2 aromatic rings. The monoisotopic (exact) mass is 344 g/mol. The van der Waals surface area contributed by atoms with Gasteiger partial charge in [0.15, 0.2) is 0 Å². The van der Waals surface area contributed by atoms with Crippen molar-refractivity contribution in [2.24, 2.45) is 0 Å². The molecule has 3 rings (SSSR count). The lowest BCUT2D eigenvalue weighted by molar-refractivity contribution is 0.134. The Bertz CT molecular complexity index is 618. The number of rotatable bonds is 4. The molecule has 0 saturated heterocycles. The lowest BCUT2D eigenvalue weighted by atomic mass is 9.95. The Kier molecular flexibility index (Phi) is 4.46. The van der Waals surface area contributed by atoms with Crippen LogP contribution in [0, 0.1) is 0 Å². The summed E-state index contributed by atoms with van der Waals surface area (Å²) in [6.45, 7) is 6.02. The van der Waals surface area contributed by atoms with Crippen molar-refractivity contribution in [1.29, 1.82) is 0 Å². The third-order valence-corrected chi connectivity index (χ3v) is 5.51. The molecule has 0 aliphatic carbocycles. The first-order chi connectivity index (χ1) is 10.2. The van der Waals surface area contributed by atoms with Gasteiger partial charge in [-0.3, -0.25) is 0 Å². The molecule has 0 aromatic heterocycles. The standard InChI is InChI=1S/C19H21BrO/c1-3-13(2)14-4-6-15(7-5-14)19(20)16-8-9-17-11-21-12-18(17)10-16/h4-10,13,19H,3,11-12H2,1-2H3. The van der Waals surface area contributed by atoms with Crippen LogP contribution in [-0.4, -0.2) is 0 Å². The van der Waals surface area contributed by atoms with Crippen LogP contribution in [0.3, 0.4) is 0 Å². The average Bonchev–Trinajstić information content (AvgIpc) is 3.01. The van der Waals surface area contributed by atoms with Gasteiger partial charge in [-0.2, -0.15) is 0 Å². The topological polar surface area (TPSA) is 9.23 Å². The molecule has 0 amide bonds. The first-order valence-electron chi connectivity index (χ1n) is 7.62. The lowest BCUT2D eigenvalue weighted by Crippen LogP contribution is -1.96. The summed E-state index contributed by atoms with van der Waals surface area (Å²) in [7, 11) is 0. The fourth-order valence-corrected chi connectivity index (χ4v) is 3.36. The van der Waals surface area contributed by atoms with E-state index in [2.05, 4.69) is 72.2 Å². The zero-order chi connectivity index (χ0) is 14.8. The molecule has 1 aliphatic heterocycles. The van der Waals surface area contributed by atoms with Gasteiger partial charge in [-0.1, -0.05) is 72.2 Å². The second kappa shape index (κ2) is 6.33. The lowest BCUT2D eigenvalue weighted by Gasteiger charge is -2.14. The number of ether oxygens (including phenoxy) is 1. The molecule has 2 atom stereocenters. The van der Waals surface area contributed by atoms with Gasteiger partial charge in [0.05, 0.1) is 18.0 Å². The highest BCUT2D eigenvalue weighted by atomic mass is 79.9. The zero-order valence-corrected chi connectivity index (χ0v) is 14.2. The van der Waals surface area contributed by atoms with Crippen LogP contribution in [0.5, 0.6) is 0 Å². The van der Waals surface area contributed by atoms with Crippen LogP contribution in [0.15, 0.2) is 42.5 Å². The second-order valence-corrected chi connectivity index (χ2v) is 6.78. The molecule has 0 bridgehead atoms. The van der Waals surface area contributed by atoms with Gasteiger partial charge in [-0.25, -0.2) is 0 Å². The van der Waals surface area contributed by atoms with Gasteiger partial charge >= 0.3 is 0 Å². The van der Waals surface area contributed by atoms with E-state index in [-0.39, 0.29) is 4.83 Å². The van der Waals surface area contributed by atoms with Gasteiger partial charge in [0.1, 0.15) is 0 Å². The second-order valence-electron chi connectivity index (χ2n) is 5.86. The minimum Gasteiger partial charge on any atom is -0.372 e. The van der Waals surface area contributed by atoms with E-state index in [0.29, 0.717) is 5.92 Å². The normalized spacial score (nSPS) is 16.5. The van der Waals surface area contributed by atoms with E-state index in [4.69, 9.17) is 4.74 Å². The molecule has 1 nitrogen and oxygen atoms in total. The molecule has 0 fully saturated rings. The fraction of sp³-hybridized carbons (Fsp3) is 0.368. The molecule has 0 saturated carbocycles. The van der Waals surface area contributed by atoms with Crippen molar-refractivity contribution < 1.29 is 4.74 Å². The summed E-state index contributed by atoms with van der Waals surface area (Å²) < 4.78 is 5.49. The molecule has 110 valence electrons. The smallest absolute Gasteiger partial charge is 0.0725 e. The van der Waals surface area contributed by atoms with Crippen LogP contribution in [0.4, 0.5) is 0 Å². The van der Waals surface area contributed by atoms with Crippen molar-refractivity contribution in [3.8, 4) is 0 Å². The van der Waals surface area contributed by atoms with Crippen molar-refractivity contribution in [3.63, 3.8) is 0 Å². The van der Waals surface area contributed by atoms with E-state index < -0.39 is 0 Å². The highest BCUT2D eigenvalue weighted by molar-refractivity contribution is 9.09. The van der Waals surface area contributed by atoms with Crippen molar-refractivity contribution in [2.45, 2.75) is 44.2 Å². The molecule has 0 spiro atoms. The van der Waals surface area contributed by atoms with Crippen LogP contribution in [0.2, 0.25) is 0 Å².